The maximum atomic E-state index is 5.09. The molecule has 0 radical (unpaired) electrons. The van der Waals surface area contributed by atoms with Gasteiger partial charge in [0.1, 0.15) is 5.82 Å². The molecule has 53 heavy (non-hydrogen) atoms. The average molecular weight is 681 g/mol. The third-order valence-electron chi connectivity index (χ3n) is 9.59. The lowest BCUT2D eigenvalue weighted by molar-refractivity contribution is 1.10. The number of hydrogen-bond acceptors (Lipinski definition) is 3. The summed E-state index contributed by atoms with van der Waals surface area (Å²) in [5.74, 6) is 0.914. The largest absolute Gasteiger partial charge is 0.311 e. The quantitative estimate of drug-likeness (QED) is 0.152. The van der Waals surface area contributed by atoms with E-state index in [4.69, 9.17) is 4.98 Å². The van der Waals surface area contributed by atoms with Gasteiger partial charge in [0.05, 0.1) is 11.0 Å². The van der Waals surface area contributed by atoms with Gasteiger partial charge in [0.25, 0.3) is 0 Å². The van der Waals surface area contributed by atoms with E-state index in [-0.39, 0.29) is 0 Å². The third-order valence-corrected chi connectivity index (χ3v) is 9.59. The minimum atomic E-state index is 0.914. The van der Waals surface area contributed by atoms with Gasteiger partial charge in [-0.1, -0.05) is 109 Å². The molecule has 0 saturated carbocycles. The lowest BCUT2D eigenvalue weighted by Crippen LogP contribution is -2.12. The second kappa shape index (κ2) is 14.2. The maximum Gasteiger partial charge on any atom is 0.145 e. The van der Waals surface area contributed by atoms with Crippen molar-refractivity contribution in [1.82, 2.24) is 9.55 Å². The van der Waals surface area contributed by atoms with E-state index in [0.717, 1.165) is 62.2 Å². The van der Waals surface area contributed by atoms with Gasteiger partial charge in [-0.3, -0.25) is 4.57 Å². The lowest BCUT2D eigenvalue weighted by atomic mass is 10.0. The minimum Gasteiger partial charge on any atom is -0.311 e. The molecule has 8 aromatic carbocycles. The number of benzene rings is 8. The van der Waals surface area contributed by atoms with Crippen molar-refractivity contribution in [3.05, 3.63) is 218 Å². The highest BCUT2D eigenvalue weighted by Crippen LogP contribution is 2.40. The van der Waals surface area contributed by atoms with E-state index in [1.54, 1.807) is 0 Å². The standard InChI is InChI=1S/C49H36N4/c1-5-15-37(16-6-1)38-25-29-43(30-26-38)51(40-17-7-2-8-18-40)45-33-35-46(36-34-45)52(41-19-9-3-10-20-41)44-31-27-39(28-32-44)49-50-47-23-13-14-24-48(47)53(49)42-21-11-4-12-22-42/h1-36H. The van der Waals surface area contributed by atoms with Crippen molar-refractivity contribution < 1.29 is 0 Å². The van der Waals surface area contributed by atoms with E-state index >= 15 is 0 Å². The fourth-order valence-corrected chi connectivity index (χ4v) is 7.05. The van der Waals surface area contributed by atoms with Crippen molar-refractivity contribution >= 4 is 45.2 Å². The molecule has 0 N–H and O–H groups in total. The second-order valence-corrected chi connectivity index (χ2v) is 12.9. The highest BCUT2D eigenvalue weighted by atomic mass is 15.2. The van der Waals surface area contributed by atoms with Crippen molar-refractivity contribution in [1.29, 1.82) is 0 Å². The van der Waals surface area contributed by atoms with Crippen LogP contribution in [0, 0.1) is 0 Å². The number of anilines is 6. The highest BCUT2D eigenvalue weighted by molar-refractivity contribution is 5.85. The normalized spacial score (nSPS) is 11.0. The molecular weight excluding hydrogens is 645 g/mol. The molecule has 9 rings (SSSR count). The number of para-hydroxylation sites is 5. The molecule has 4 nitrogen and oxygen atoms in total. The average Bonchev–Trinajstić information content (AvgIpc) is 3.63. The molecule has 252 valence electrons. The first-order valence-corrected chi connectivity index (χ1v) is 17.9. The van der Waals surface area contributed by atoms with Crippen LogP contribution in [0.5, 0.6) is 0 Å². The first kappa shape index (κ1) is 31.8. The minimum absolute atomic E-state index is 0.914. The Morgan fingerprint density at radius 3 is 1.17 bits per heavy atom. The van der Waals surface area contributed by atoms with Gasteiger partial charge in [-0.15, -0.1) is 0 Å². The first-order chi connectivity index (χ1) is 26.3. The van der Waals surface area contributed by atoms with Crippen LogP contribution in [0.15, 0.2) is 218 Å². The predicted molar refractivity (Wildman–Crippen MR) is 221 cm³/mol. The Labute approximate surface area is 310 Å². The summed E-state index contributed by atoms with van der Waals surface area (Å²) in [5.41, 5.74) is 13.1. The predicted octanol–water partition coefficient (Wildman–Crippen LogP) is 13.3. The summed E-state index contributed by atoms with van der Waals surface area (Å²) >= 11 is 0. The highest BCUT2D eigenvalue weighted by Gasteiger charge is 2.18. The van der Waals surface area contributed by atoms with E-state index in [2.05, 4.69) is 221 Å². The maximum absolute atomic E-state index is 5.09. The van der Waals surface area contributed by atoms with Gasteiger partial charge in [0, 0.05) is 45.4 Å². The van der Waals surface area contributed by atoms with Crippen molar-refractivity contribution in [2.45, 2.75) is 0 Å². The van der Waals surface area contributed by atoms with Gasteiger partial charge in [0.2, 0.25) is 0 Å². The Morgan fingerprint density at radius 2 is 0.660 bits per heavy atom. The summed E-state index contributed by atoms with van der Waals surface area (Å²) in [6, 6.07) is 76.7. The molecule has 0 bridgehead atoms. The molecule has 4 heteroatoms. The van der Waals surface area contributed by atoms with Crippen LogP contribution in [0.3, 0.4) is 0 Å². The summed E-state index contributed by atoms with van der Waals surface area (Å²) in [6.45, 7) is 0. The number of rotatable bonds is 9. The molecule has 0 aliphatic rings. The van der Waals surface area contributed by atoms with Crippen LogP contribution in [-0.4, -0.2) is 9.55 Å². The monoisotopic (exact) mass is 680 g/mol. The lowest BCUT2D eigenvalue weighted by Gasteiger charge is -2.28. The molecule has 0 spiro atoms. The van der Waals surface area contributed by atoms with Gasteiger partial charge in [-0.25, -0.2) is 4.98 Å². The number of hydrogen-bond donors (Lipinski definition) is 0. The van der Waals surface area contributed by atoms with E-state index in [1.807, 2.05) is 12.1 Å². The SMILES string of the molecule is c1ccc(-c2ccc(N(c3ccccc3)c3ccc(N(c4ccccc4)c4ccc(-c5nc6ccccc6n5-c5ccccc5)cc4)cc3)cc2)cc1. The van der Waals surface area contributed by atoms with Crippen LogP contribution < -0.4 is 9.80 Å². The topological polar surface area (TPSA) is 24.3 Å². The van der Waals surface area contributed by atoms with Crippen LogP contribution in [0.4, 0.5) is 34.1 Å². The smallest absolute Gasteiger partial charge is 0.145 e. The molecule has 0 saturated heterocycles. The molecule has 0 atom stereocenters. The van der Waals surface area contributed by atoms with Gasteiger partial charge in [-0.05, 0) is 120 Å². The van der Waals surface area contributed by atoms with Crippen molar-refractivity contribution in [3.8, 4) is 28.2 Å². The van der Waals surface area contributed by atoms with Gasteiger partial charge in [0.15, 0.2) is 0 Å². The van der Waals surface area contributed by atoms with Gasteiger partial charge < -0.3 is 9.80 Å². The van der Waals surface area contributed by atoms with E-state index in [9.17, 15) is 0 Å². The third kappa shape index (κ3) is 6.35. The van der Waals surface area contributed by atoms with Crippen LogP contribution in [-0.2, 0) is 0 Å². The number of nitrogens with zero attached hydrogens (tertiary/aromatic N) is 4. The Morgan fingerprint density at radius 1 is 0.302 bits per heavy atom. The van der Waals surface area contributed by atoms with Gasteiger partial charge in [-0.2, -0.15) is 0 Å². The fourth-order valence-electron chi connectivity index (χ4n) is 7.05. The Bertz CT molecular complexity index is 2560. The fraction of sp³-hybridized carbons (Fsp3) is 0. The van der Waals surface area contributed by atoms with Crippen molar-refractivity contribution in [2.75, 3.05) is 9.80 Å². The van der Waals surface area contributed by atoms with Crippen LogP contribution in [0.25, 0.3) is 39.2 Å². The van der Waals surface area contributed by atoms with E-state index in [1.165, 1.54) is 11.1 Å². The molecule has 0 aliphatic carbocycles. The number of imidazole rings is 1. The molecule has 9 aromatic rings. The second-order valence-electron chi connectivity index (χ2n) is 12.9. The first-order valence-electron chi connectivity index (χ1n) is 17.9. The zero-order valence-electron chi connectivity index (χ0n) is 29.1. The van der Waals surface area contributed by atoms with Crippen molar-refractivity contribution in [3.63, 3.8) is 0 Å². The summed E-state index contributed by atoms with van der Waals surface area (Å²) in [7, 11) is 0. The summed E-state index contributed by atoms with van der Waals surface area (Å²) in [4.78, 5) is 9.70. The Balaban J connectivity index is 1.08. The Kier molecular flexibility index (Phi) is 8.53. The summed E-state index contributed by atoms with van der Waals surface area (Å²) < 4.78 is 2.24. The van der Waals surface area contributed by atoms with Crippen LogP contribution in [0.1, 0.15) is 0 Å². The Hall–Kier alpha value is -7.17. The number of aromatic nitrogens is 2. The zero-order chi connectivity index (χ0) is 35.4. The molecule has 0 amide bonds. The molecule has 1 heterocycles. The van der Waals surface area contributed by atoms with E-state index < -0.39 is 0 Å². The summed E-state index contributed by atoms with van der Waals surface area (Å²) in [6.07, 6.45) is 0. The van der Waals surface area contributed by atoms with Crippen molar-refractivity contribution in [2.24, 2.45) is 0 Å². The zero-order valence-corrected chi connectivity index (χ0v) is 29.1. The van der Waals surface area contributed by atoms with Crippen LogP contribution >= 0.6 is 0 Å². The molecule has 0 aliphatic heterocycles. The molecule has 0 fully saturated rings. The van der Waals surface area contributed by atoms with Crippen LogP contribution in [0.2, 0.25) is 0 Å². The molecule has 0 unspecified atom stereocenters. The molecular formula is C49H36N4. The van der Waals surface area contributed by atoms with E-state index in [0.29, 0.717) is 0 Å². The molecule has 1 aromatic heterocycles. The van der Waals surface area contributed by atoms with Gasteiger partial charge >= 0.3 is 0 Å². The number of fused-ring (bicyclic) bond motifs is 1. The summed E-state index contributed by atoms with van der Waals surface area (Å²) in [5, 5.41) is 0.